The number of amides is 2. The van der Waals surface area contributed by atoms with E-state index in [0.717, 1.165) is 51.1 Å². The number of nitrogens with one attached hydrogen (secondary N) is 1. The zero-order valence-corrected chi connectivity index (χ0v) is 16.2. The van der Waals surface area contributed by atoms with Gasteiger partial charge in [-0.05, 0) is 31.0 Å². The van der Waals surface area contributed by atoms with E-state index in [0.29, 0.717) is 25.4 Å². The predicted molar refractivity (Wildman–Crippen MR) is 104 cm³/mol. The van der Waals surface area contributed by atoms with Crippen molar-refractivity contribution in [1.29, 1.82) is 0 Å². The SMILES string of the molecule is CC(=O)NC[C@@H]1OCCN1c1ccc(N2CCC3(CCN(C=O)C3)C2)c(F)c1. The van der Waals surface area contributed by atoms with Crippen LogP contribution >= 0.6 is 0 Å². The Morgan fingerprint density at radius 3 is 2.86 bits per heavy atom. The monoisotopic (exact) mass is 390 g/mol. The second-order valence-electron chi connectivity index (χ2n) is 8.09. The maximum atomic E-state index is 15.0. The van der Waals surface area contributed by atoms with Crippen LogP contribution in [0.25, 0.3) is 0 Å². The van der Waals surface area contributed by atoms with Crippen molar-refractivity contribution < 1.29 is 18.7 Å². The Labute approximate surface area is 164 Å². The number of carbonyl (C=O) groups excluding carboxylic acids is 2. The number of halogens is 1. The minimum atomic E-state index is -0.281. The first-order valence-corrected chi connectivity index (χ1v) is 9.86. The summed E-state index contributed by atoms with van der Waals surface area (Å²) in [5.41, 5.74) is 1.47. The van der Waals surface area contributed by atoms with Gasteiger partial charge in [-0.2, -0.15) is 0 Å². The molecule has 0 bridgehead atoms. The number of nitrogens with zero attached hydrogens (tertiary/aromatic N) is 3. The maximum absolute atomic E-state index is 15.0. The summed E-state index contributed by atoms with van der Waals surface area (Å²) < 4.78 is 20.6. The molecule has 2 amide bonds. The molecular formula is C20H27FN4O3. The first-order chi connectivity index (χ1) is 13.5. The number of hydrogen-bond acceptors (Lipinski definition) is 5. The highest BCUT2D eigenvalue weighted by atomic mass is 19.1. The van der Waals surface area contributed by atoms with Crippen LogP contribution in [0.15, 0.2) is 18.2 Å². The highest BCUT2D eigenvalue weighted by Gasteiger charge is 2.43. The second kappa shape index (κ2) is 7.58. The third kappa shape index (κ3) is 3.65. The van der Waals surface area contributed by atoms with Crippen molar-refractivity contribution in [3.8, 4) is 0 Å². The van der Waals surface area contributed by atoms with Crippen LogP contribution in [0.3, 0.4) is 0 Å². The number of carbonyl (C=O) groups is 2. The van der Waals surface area contributed by atoms with E-state index in [1.54, 1.807) is 6.07 Å². The number of rotatable bonds is 5. The number of anilines is 2. The average molecular weight is 390 g/mol. The Morgan fingerprint density at radius 2 is 2.14 bits per heavy atom. The summed E-state index contributed by atoms with van der Waals surface area (Å²) in [5.74, 6) is -0.357. The van der Waals surface area contributed by atoms with Crippen molar-refractivity contribution in [2.45, 2.75) is 26.0 Å². The molecule has 0 saturated carbocycles. The number of likely N-dealkylation sites (tertiary alicyclic amines) is 1. The van der Waals surface area contributed by atoms with Crippen LogP contribution in [0.2, 0.25) is 0 Å². The molecular weight excluding hydrogens is 363 g/mol. The van der Waals surface area contributed by atoms with Gasteiger partial charge in [0, 0.05) is 50.7 Å². The Hall–Kier alpha value is -2.35. The normalized spacial score (nSPS) is 27.1. The van der Waals surface area contributed by atoms with Crippen molar-refractivity contribution in [2.24, 2.45) is 5.41 Å². The largest absolute Gasteiger partial charge is 0.369 e. The maximum Gasteiger partial charge on any atom is 0.217 e. The molecule has 1 N–H and O–H groups in total. The molecule has 3 fully saturated rings. The summed E-state index contributed by atoms with van der Waals surface area (Å²) in [6.45, 7) is 6.21. The fraction of sp³-hybridized carbons (Fsp3) is 0.600. The summed E-state index contributed by atoms with van der Waals surface area (Å²) in [7, 11) is 0. The van der Waals surface area contributed by atoms with E-state index < -0.39 is 0 Å². The quantitative estimate of drug-likeness (QED) is 0.765. The van der Waals surface area contributed by atoms with E-state index in [9.17, 15) is 14.0 Å². The van der Waals surface area contributed by atoms with Gasteiger partial charge in [0.15, 0.2) is 0 Å². The average Bonchev–Trinajstić information content (AvgIpc) is 3.40. The van der Waals surface area contributed by atoms with E-state index in [1.165, 1.54) is 6.92 Å². The Balaban J connectivity index is 1.45. The van der Waals surface area contributed by atoms with Gasteiger partial charge in [-0.1, -0.05) is 0 Å². The van der Waals surface area contributed by atoms with E-state index in [2.05, 4.69) is 10.2 Å². The van der Waals surface area contributed by atoms with Crippen LogP contribution in [-0.2, 0) is 14.3 Å². The van der Waals surface area contributed by atoms with Gasteiger partial charge in [0.05, 0.1) is 18.8 Å². The van der Waals surface area contributed by atoms with Gasteiger partial charge in [0.1, 0.15) is 12.0 Å². The summed E-state index contributed by atoms with van der Waals surface area (Å²) in [5, 5.41) is 2.76. The Bertz CT molecular complexity index is 761. The van der Waals surface area contributed by atoms with E-state index in [1.807, 2.05) is 21.9 Å². The fourth-order valence-corrected chi connectivity index (χ4v) is 4.68. The van der Waals surface area contributed by atoms with Crippen LogP contribution in [0, 0.1) is 11.2 Å². The van der Waals surface area contributed by atoms with Crippen LogP contribution in [0.1, 0.15) is 19.8 Å². The molecule has 28 heavy (non-hydrogen) atoms. The topological polar surface area (TPSA) is 65.1 Å². The van der Waals surface area contributed by atoms with Gasteiger partial charge < -0.3 is 24.8 Å². The molecule has 0 aliphatic carbocycles. The first kappa shape index (κ1) is 19.0. The van der Waals surface area contributed by atoms with Crippen LogP contribution in [0.4, 0.5) is 15.8 Å². The number of ether oxygens (including phenoxy) is 1. The smallest absolute Gasteiger partial charge is 0.217 e. The molecule has 3 aliphatic heterocycles. The lowest BCUT2D eigenvalue weighted by Gasteiger charge is -2.27. The molecule has 0 radical (unpaired) electrons. The van der Waals surface area contributed by atoms with Gasteiger partial charge in [-0.15, -0.1) is 0 Å². The molecule has 1 spiro atoms. The minimum Gasteiger partial charge on any atom is -0.369 e. The molecule has 1 unspecified atom stereocenters. The Kier molecular flexibility index (Phi) is 5.14. The van der Waals surface area contributed by atoms with Crippen molar-refractivity contribution in [2.75, 3.05) is 55.7 Å². The van der Waals surface area contributed by atoms with E-state index in [4.69, 9.17) is 4.74 Å². The molecule has 3 saturated heterocycles. The number of hydrogen-bond donors (Lipinski definition) is 1. The second-order valence-corrected chi connectivity index (χ2v) is 8.09. The van der Waals surface area contributed by atoms with Crippen LogP contribution < -0.4 is 15.1 Å². The van der Waals surface area contributed by atoms with E-state index in [-0.39, 0.29) is 23.4 Å². The van der Waals surface area contributed by atoms with Crippen LogP contribution in [0.5, 0.6) is 0 Å². The molecule has 3 heterocycles. The summed E-state index contributed by atoms with van der Waals surface area (Å²) in [4.78, 5) is 28.1. The van der Waals surface area contributed by atoms with Crippen molar-refractivity contribution in [1.82, 2.24) is 10.2 Å². The van der Waals surface area contributed by atoms with E-state index >= 15 is 0 Å². The third-order valence-electron chi connectivity index (χ3n) is 6.17. The summed E-state index contributed by atoms with van der Waals surface area (Å²) in [6.07, 6.45) is 2.61. The highest BCUT2D eigenvalue weighted by molar-refractivity contribution is 5.72. The zero-order chi connectivity index (χ0) is 19.7. The molecule has 8 heteroatoms. The molecule has 1 aromatic rings. The molecule has 2 atom stereocenters. The molecule has 1 aromatic carbocycles. The van der Waals surface area contributed by atoms with Crippen molar-refractivity contribution in [3.63, 3.8) is 0 Å². The number of benzene rings is 1. The minimum absolute atomic E-state index is 0.0955. The molecule has 0 aromatic heterocycles. The molecule has 4 rings (SSSR count). The fourth-order valence-electron chi connectivity index (χ4n) is 4.68. The van der Waals surface area contributed by atoms with Crippen molar-refractivity contribution >= 4 is 23.7 Å². The zero-order valence-electron chi connectivity index (χ0n) is 16.2. The summed E-state index contributed by atoms with van der Waals surface area (Å²) in [6, 6.07) is 5.32. The van der Waals surface area contributed by atoms with Crippen LogP contribution in [-0.4, -0.2) is 69.3 Å². The summed E-state index contributed by atoms with van der Waals surface area (Å²) >= 11 is 0. The van der Waals surface area contributed by atoms with Gasteiger partial charge in [0.2, 0.25) is 12.3 Å². The Morgan fingerprint density at radius 1 is 1.32 bits per heavy atom. The van der Waals surface area contributed by atoms with Gasteiger partial charge in [-0.3, -0.25) is 9.59 Å². The molecule has 3 aliphatic rings. The van der Waals surface area contributed by atoms with Gasteiger partial charge >= 0.3 is 0 Å². The van der Waals surface area contributed by atoms with Gasteiger partial charge in [-0.25, -0.2) is 4.39 Å². The lowest BCUT2D eigenvalue weighted by Crippen LogP contribution is -2.40. The molecule has 152 valence electrons. The van der Waals surface area contributed by atoms with Gasteiger partial charge in [0.25, 0.3) is 0 Å². The predicted octanol–water partition coefficient (Wildman–Crippen LogP) is 1.18. The lowest BCUT2D eigenvalue weighted by atomic mass is 9.86. The molecule has 7 nitrogen and oxygen atoms in total. The third-order valence-corrected chi connectivity index (χ3v) is 6.17. The highest BCUT2D eigenvalue weighted by Crippen LogP contribution is 2.41. The lowest BCUT2D eigenvalue weighted by molar-refractivity contribution is -0.119. The van der Waals surface area contributed by atoms with Crippen molar-refractivity contribution in [3.05, 3.63) is 24.0 Å². The first-order valence-electron chi connectivity index (χ1n) is 9.86. The standard InChI is InChI=1S/C20H27FN4O3/c1-15(27)22-11-19-25(8-9-28-19)16-2-3-18(17(21)10-16)24-7-5-20(13-24)4-6-23(12-20)14-26/h2-3,10,14,19H,4-9,11-13H2,1H3,(H,22,27)/t19-,20?/m0/s1.